The molecule has 0 heterocycles. The molecular formula is C27H42N8O8. The Bertz CT molecular complexity index is 1160. The van der Waals surface area contributed by atoms with E-state index >= 15 is 0 Å². The topological polar surface area (TPSA) is 273 Å². The molecule has 43 heavy (non-hydrogen) atoms. The minimum absolute atomic E-state index is 0.0172. The van der Waals surface area contributed by atoms with E-state index in [-0.39, 0.29) is 31.8 Å². The van der Waals surface area contributed by atoms with Gasteiger partial charge in [0.25, 0.3) is 0 Å². The summed E-state index contributed by atoms with van der Waals surface area (Å²) in [7, 11) is 1.23. The molecule has 16 nitrogen and oxygen atoms in total. The number of carboxylic acids is 2. The minimum atomic E-state index is -1.47. The predicted molar refractivity (Wildman–Crippen MR) is 156 cm³/mol. The highest BCUT2D eigenvalue weighted by Gasteiger charge is 2.34. The number of guanidine groups is 1. The van der Waals surface area contributed by atoms with Crippen LogP contribution in [0.5, 0.6) is 0 Å². The fourth-order valence-electron chi connectivity index (χ4n) is 4.03. The van der Waals surface area contributed by atoms with Gasteiger partial charge in [0.2, 0.25) is 23.6 Å². The molecule has 16 heteroatoms. The Balaban J connectivity index is 3.21. The smallest absolute Gasteiger partial charge is 0.326 e. The summed E-state index contributed by atoms with van der Waals surface area (Å²) in [6.45, 7) is 2.97. The zero-order valence-corrected chi connectivity index (χ0v) is 24.5. The largest absolute Gasteiger partial charge is 0.481 e. The van der Waals surface area contributed by atoms with Crippen LogP contribution in [0.2, 0.25) is 0 Å². The maximum atomic E-state index is 13.5. The molecule has 0 aliphatic rings. The highest BCUT2D eigenvalue weighted by Crippen LogP contribution is 2.10. The first-order chi connectivity index (χ1) is 20.2. The molecule has 0 radical (unpaired) electrons. The maximum Gasteiger partial charge on any atom is 0.326 e. The van der Waals surface area contributed by atoms with Crippen LogP contribution in [0.25, 0.3) is 0 Å². The van der Waals surface area contributed by atoms with Crippen molar-refractivity contribution in [3.8, 4) is 0 Å². The third kappa shape index (κ3) is 12.8. The first-order valence-electron chi connectivity index (χ1n) is 13.6. The second-order valence-corrected chi connectivity index (χ2v) is 10.2. The van der Waals surface area contributed by atoms with E-state index in [1.54, 1.807) is 44.2 Å². The molecule has 4 amide bonds. The summed E-state index contributed by atoms with van der Waals surface area (Å²) >= 11 is 0. The van der Waals surface area contributed by atoms with Crippen LogP contribution in [0.3, 0.4) is 0 Å². The van der Waals surface area contributed by atoms with E-state index in [1.807, 2.05) is 0 Å². The lowest BCUT2D eigenvalue weighted by atomic mass is 10.00. The van der Waals surface area contributed by atoms with Crippen LogP contribution in [0.1, 0.15) is 38.7 Å². The first kappa shape index (κ1) is 36.3. The third-order valence-electron chi connectivity index (χ3n) is 6.43. The number of hydrogen-bond acceptors (Lipinski definition) is 8. The molecule has 0 fully saturated rings. The zero-order valence-electron chi connectivity index (χ0n) is 24.5. The SMILES string of the molecule is CC(C)[C@H](NC(=O)[C@@H](Cc1ccccc1)NC(=O)[C@H](CC(=O)O)N(C)C(=O)CN)C(=O)N[C@@H](CCCN=C(N)N)C(=O)O. The monoisotopic (exact) mass is 606 g/mol. The number of likely N-dealkylation sites (N-methyl/N-ethyl adjacent to an activating group) is 1. The molecule has 1 rings (SSSR count). The molecule has 1 aromatic carbocycles. The number of carbonyl (C=O) groups is 6. The van der Waals surface area contributed by atoms with Gasteiger partial charge in [-0.2, -0.15) is 0 Å². The number of nitrogens with two attached hydrogens (primary N) is 3. The second-order valence-electron chi connectivity index (χ2n) is 10.2. The lowest BCUT2D eigenvalue weighted by molar-refractivity contribution is -0.145. The molecular weight excluding hydrogens is 564 g/mol. The summed E-state index contributed by atoms with van der Waals surface area (Å²) in [6, 6.07) is 3.35. The van der Waals surface area contributed by atoms with E-state index in [1.165, 1.54) is 7.05 Å². The Morgan fingerprint density at radius 3 is 2.02 bits per heavy atom. The van der Waals surface area contributed by atoms with Crippen LogP contribution in [0.4, 0.5) is 0 Å². The number of carbonyl (C=O) groups excluding carboxylic acids is 4. The number of amides is 4. The molecule has 0 aliphatic carbocycles. The molecule has 0 unspecified atom stereocenters. The van der Waals surface area contributed by atoms with Crippen molar-refractivity contribution in [3.05, 3.63) is 35.9 Å². The number of nitrogens with one attached hydrogen (secondary N) is 3. The Hall–Kier alpha value is -4.73. The second kappa shape index (κ2) is 17.9. The van der Waals surface area contributed by atoms with E-state index in [0.29, 0.717) is 5.56 Å². The van der Waals surface area contributed by atoms with Gasteiger partial charge in [-0.25, -0.2) is 4.79 Å². The molecule has 11 N–H and O–H groups in total. The van der Waals surface area contributed by atoms with Gasteiger partial charge in [0.05, 0.1) is 13.0 Å². The fourth-order valence-corrected chi connectivity index (χ4v) is 4.03. The van der Waals surface area contributed by atoms with Gasteiger partial charge in [0.15, 0.2) is 5.96 Å². The van der Waals surface area contributed by atoms with Crippen LogP contribution in [-0.2, 0) is 35.2 Å². The summed E-state index contributed by atoms with van der Waals surface area (Å²) < 4.78 is 0. The molecule has 0 spiro atoms. The van der Waals surface area contributed by atoms with Crippen molar-refractivity contribution < 1.29 is 39.0 Å². The van der Waals surface area contributed by atoms with Crippen LogP contribution in [-0.4, -0.2) is 101 Å². The van der Waals surface area contributed by atoms with E-state index < -0.39 is 78.6 Å². The van der Waals surface area contributed by atoms with Crippen LogP contribution < -0.4 is 33.2 Å². The van der Waals surface area contributed by atoms with Gasteiger partial charge in [0.1, 0.15) is 24.2 Å². The Morgan fingerprint density at radius 2 is 1.51 bits per heavy atom. The van der Waals surface area contributed by atoms with Gasteiger partial charge in [-0.1, -0.05) is 44.2 Å². The van der Waals surface area contributed by atoms with Gasteiger partial charge in [-0.3, -0.25) is 29.0 Å². The Labute approximate surface area is 249 Å². The van der Waals surface area contributed by atoms with Crippen LogP contribution in [0, 0.1) is 5.92 Å². The molecule has 0 saturated heterocycles. The maximum absolute atomic E-state index is 13.5. The lowest BCUT2D eigenvalue weighted by Crippen LogP contribution is -2.59. The van der Waals surface area contributed by atoms with Crippen molar-refractivity contribution in [3.63, 3.8) is 0 Å². The van der Waals surface area contributed by atoms with Crippen molar-refractivity contribution in [2.75, 3.05) is 20.1 Å². The summed E-state index contributed by atoms with van der Waals surface area (Å²) in [4.78, 5) is 79.9. The van der Waals surface area contributed by atoms with E-state index in [0.717, 1.165) is 4.90 Å². The van der Waals surface area contributed by atoms with Crippen LogP contribution in [0.15, 0.2) is 35.3 Å². The Kier molecular flexibility index (Phi) is 15.1. The molecule has 4 atom stereocenters. The average Bonchev–Trinajstić information content (AvgIpc) is 2.94. The molecule has 0 aromatic heterocycles. The van der Waals surface area contributed by atoms with Crippen molar-refractivity contribution in [1.29, 1.82) is 0 Å². The van der Waals surface area contributed by atoms with Gasteiger partial charge in [-0.05, 0) is 24.3 Å². The fraction of sp³-hybridized carbons (Fsp3) is 0.519. The highest BCUT2D eigenvalue weighted by atomic mass is 16.4. The van der Waals surface area contributed by atoms with Crippen molar-refractivity contribution >= 4 is 41.5 Å². The van der Waals surface area contributed by atoms with Crippen molar-refractivity contribution in [2.24, 2.45) is 28.1 Å². The van der Waals surface area contributed by atoms with E-state index in [4.69, 9.17) is 17.2 Å². The summed E-state index contributed by atoms with van der Waals surface area (Å²) in [6.07, 6.45) is -0.507. The van der Waals surface area contributed by atoms with Gasteiger partial charge < -0.3 is 48.3 Å². The van der Waals surface area contributed by atoms with Crippen molar-refractivity contribution in [2.45, 2.75) is 63.7 Å². The molecule has 0 aliphatic heterocycles. The van der Waals surface area contributed by atoms with E-state index in [2.05, 4.69) is 20.9 Å². The number of carboxylic acid groups (broad SMARTS) is 2. The van der Waals surface area contributed by atoms with Crippen molar-refractivity contribution in [1.82, 2.24) is 20.9 Å². The summed E-state index contributed by atoms with van der Waals surface area (Å²) in [5.41, 5.74) is 16.6. The third-order valence-corrected chi connectivity index (χ3v) is 6.43. The highest BCUT2D eigenvalue weighted by molar-refractivity contribution is 5.96. The molecule has 1 aromatic rings. The summed E-state index contributed by atoms with van der Waals surface area (Å²) in [5.74, 6) is -6.45. The van der Waals surface area contributed by atoms with Gasteiger partial charge in [0, 0.05) is 20.0 Å². The normalized spacial score (nSPS) is 13.5. The predicted octanol–water partition coefficient (Wildman–Crippen LogP) is -2.26. The number of aliphatic imine (C=N–C) groups is 1. The first-order valence-corrected chi connectivity index (χ1v) is 13.6. The number of rotatable bonds is 18. The van der Waals surface area contributed by atoms with E-state index in [9.17, 15) is 39.0 Å². The van der Waals surface area contributed by atoms with Gasteiger partial charge in [-0.15, -0.1) is 0 Å². The number of benzene rings is 1. The Morgan fingerprint density at radius 1 is 0.907 bits per heavy atom. The van der Waals surface area contributed by atoms with Gasteiger partial charge >= 0.3 is 11.9 Å². The lowest BCUT2D eigenvalue weighted by Gasteiger charge is -2.29. The van der Waals surface area contributed by atoms with Crippen LogP contribution >= 0.6 is 0 Å². The zero-order chi connectivity index (χ0) is 32.7. The standard InChI is InChI=1S/C27H42N8O8/c1-15(2)22(25(41)32-17(26(42)43)10-7-11-31-27(29)30)34-23(39)18(12-16-8-5-4-6-9-16)33-24(40)19(13-21(37)38)35(3)20(36)14-28/h4-6,8-9,15,17-19,22H,7,10-14,28H2,1-3H3,(H,32,41)(H,33,40)(H,34,39)(H,37,38)(H,42,43)(H4,29,30,31)/t17-,18+,19-,22-/m0/s1. The molecule has 238 valence electrons. The quantitative estimate of drug-likeness (QED) is 0.0501. The number of aliphatic carboxylic acids is 2. The average molecular weight is 607 g/mol. The number of nitrogens with zero attached hydrogens (tertiary/aromatic N) is 2. The number of hydrogen-bond donors (Lipinski definition) is 8. The molecule has 0 saturated carbocycles. The molecule has 0 bridgehead atoms. The minimum Gasteiger partial charge on any atom is -0.481 e. The summed E-state index contributed by atoms with van der Waals surface area (Å²) in [5, 5.41) is 26.4.